The summed E-state index contributed by atoms with van der Waals surface area (Å²) in [5.74, 6) is 2.65. The summed E-state index contributed by atoms with van der Waals surface area (Å²) in [6.07, 6.45) is 7.00. The van der Waals surface area contributed by atoms with Crippen LogP contribution in [0, 0.1) is 17.8 Å². The van der Waals surface area contributed by atoms with Gasteiger partial charge < -0.3 is 10.2 Å². The second-order valence-corrected chi connectivity index (χ2v) is 6.97. The molecule has 1 heterocycles. The lowest BCUT2D eigenvalue weighted by Gasteiger charge is -2.40. The fourth-order valence-electron chi connectivity index (χ4n) is 3.82. The van der Waals surface area contributed by atoms with Crippen LogP contribution in [0.25, 0.3) is 0 Å². The monoisotopic (exact) mass is 252 g/mol. The number of nitrogens with zero attached hydrogens (tertiary/aromatic N) is 1. The molecule has 1 saturated carbocycles. The molecule has 0 bridgehead atoms. The normalized spacial score (nSPS) is 37.7. The molecule has 106 valence electrons. The Morgan fingerprint density at radius 2 is 1.72 bits per heavy atom. The Balaban J connectivity index is 1.81. The maximum Gasteiger partial charge on any atom is 0.00978 e. The van der Waals surface area contributed by atoms with Crippen LogP contribution in [0.4, 0.5) is 0 Å². The molecule has 0 aromatic heterocycles. The van der Waals surface area contributed by atoms with Gasteiger partial charge in [0.1, 0.15) is 0 Å². The number of rotatable bonds is 3. The summed E-state index contributed by atoms with van der Waals surface area (Å²) >= 11 is 0. The minimum atomic E-state index is 0.705. The van der Waals surface area contributed by atoms with Gasteiger partial charge >= 0.3 is 0 Å². The molecule has 4 atom stereocenters. The number of nitrogens with one attached hydrogen (secondary N) is 1. The van der Waals surface area contributed by atoms with Crippen molar-refractivity contribution in [3.05, 3.63) is 0 Å². The van der Waals surface area contributed by atoms with Crippen LogP contribution >= 0.6 is 0 Å². The lowest BCUT2D eigenvalue weighted by molar-refractivity contribution is 0.149. The molecule has 1 N–H and O–H groups in total. The highest BCUT2D eigenvalue weighted by Gasteiger charge is 2.30. The van der Waals surface area contributed by atoms with E-state index in [-0.39, 0.29) is 0 Å². The van der Waals surface area contributed by atoms with Crippen LogP contribution in [-0.2, 0) is 0 Å². The standard InChI is InChI=1S/C16H32N2/c1-12-6-5-7-16(13(12)2)17-14(3)15-8-10-18(4)11-9-15/h12-17H,5-11H2,1-4H3. The van der Waals surface area contributed by atoms with Gasteiger partial charge in [-0.2, -0.15) is 0 Å². The minimum Gasteiger partial charge on any atom is -0.311 e. The summed E-state index contributed by atoms with van der Waals surface area (Å²) in [6, 6.07) is 1.47. The van der Waals surface area contributed by atoms with E-state index in [1.54, 1.807) is 0 Å². The van der Waals surface area contributed by atoms with Crippen LogP contribution in [-0.4, -0.2) is 37.1 Å². The highest BCUT2D eigenvalue weighted by molar-refractivity contribution is 4.87. The van der Waals surface area contributed by atoms with Crippen molar-refractivity contribution in [3.8, 4) is 0 Å². The third-order valence-corrected chi connectivity index (χ3v) is 5.65. The molecule has 2 rings (SSSR count). The fourth-order valence-corrected chi connectivity index (χ4v) is 3.82. The highest BCUT2D eigenvalue weighted by Crippen LogP contribution is 2.30. The Bertz CT molecular complexity index is 245. The zero-order valence-corrected chi connectivity index (χ0v) is 12.8. The van der Waals surface area contributed by atoms with Gasteiger partial charge in [0.2, 0.25) is 0 Å². The van der Waals surface area contributed by atoms with Gasteiger partial charge in [-0.1, -0.05) is 26.7 Å². The molecule has 0 radical (unpaired) electrons. The fraction of sp³-hybridized carbons (Fsp3) is 1.00. The van der Waals surface area contributed by atoms with Gasteiger partial charge in [0.05, 0.1) is 0 Å². The van der Waals surface area contributed by atoms with E-state index in [2.05, 4.69) is 38.0 Å². The molecule has 0 spiro atoms. The van der Waals surface area contributed by atoms with E-state index in [0.717, 1.165) is 23.8 Å². The van der Waals surface area contributed by atoms with Crippen LogP contribution in [0.1, 0.15) is 52.9 Å². The Morgan fingerprint density at radius 1 is 1.06 bits per heavy atom. The average Bonchev–Trinajstić information content (AvgIpc) is 2.36. The quantitative estimate of drug-likeness (QED) is 0.830. The van der Waals surface area contributed by atoms with E-state index in [0.29, 0.717) is 6.04 Å². The Morgan fingerprint density at radius 3 is 2.39 bits per heavy atom. The first-order valence-electron chi connectivity index (χ1n) is 8.02. The largest absolute Gasteiger partial charge is 0.311 e. The topological polar surface area (TPSA) is 15.3 Å². The Labute approximate surface area is 114 Å². The lowest BCUT2D eigenvalue weighted by atomic mass is 9.77. The predicted molar refractivity (Wildman–Crippen MR) is 78.8 cm³/mol. The van der Waals surface area contributed by atoms with E-state index in [9.17, 15) is 0 Å². The zero-order chi connectivity index (χ0) is 13.1. The third-order valence-electron chi connectivity index (χ3n) is 5.65. The molecule has 1 aliphatic heterocycles. The number of hydrogen-bond acceptors (Lipinski definition) is 2. The van der Waals surface area contributed by atoms with E-state index < -0.39 is 0 Å². The molecule has 18 heavy (non-hydrogen) atoms. The molecule has 2 heteroatoms. The Kier molecular flexibility index (Phi) is 5.08. The summed E-state index contributed by atoms with van der Waals surface area (Å²) in [5.41, 5.74) is 0. The van der Waals surface area contributed by atoms with Crippen LogP contribution in [0.3, 0.4) is 0 Å². The molecule has 2 aliphatic rings. The summed E-state index contributed by atoms with van der Waals surface area (Å²) in [5, 5.41) is 3.97. The maximum absolute atomic E-state index is 3.97. The molecule has 4 unspecified atom stereocenters. The van der Waals surface area contributed by atoms with Gasteiger partial charge in [-0.15, -0.1) is 0 Å². The first kappa shape index (κ1) is 14.3. The molecule has 2 nitrogen and oxygen atoms in total. The molecule has 0 aromatic rings. The van der Waals surface area contributed by atoms with Crippen molar-refractivity contribution in [2.45, 2.75) is 65.0 Å². The van der Waals surface area contributed by atoms with Crippen molar-refractivity contribution in [1.29, 1.82) is 0 Å². The summed E-state index contributed by atoms with van der Waals surface area (Å²) < 4.78 is 0. The van der Waals surface area contributed by atoms with Crippen molar-refractivity contribution >= 4 is 0 Å². The summed E-state index contributed by atoms with van der Waals surface area (Å²) in [4.78, 5) is 2.47. The molecular formula is C16H32N2. The van der Waals surface area contributed by atoms with Gasteiger partial charge in [0, 0.05) is 12.1 Å². The van der Waals surface area contributed by atoms with E-state index in [1.165, 1.54) is 45.2 Å². The van der Waals surface area contributed by atoms with Gasteiger partial charge in [-0.3, -0.25) is 0 Å². The smallest absolute Gasteiger partial charge is 0.00978 e. The number of likely N-dealkylation sites (tertiary alicyclic amines) is 1. The van der Waals surface area contributed by atoms with Gasteiger partial charge in [-0.25, -0.2) is 0 Å². The number of hydrogen-bond donors (Lipinski definition) is 1. The molecule has 2 fully saturated rings. The third kappa shape index (κ3) is 3.48. The first-order chi connectivity index (χ1) is 8.58. The van der Waals surface area contributed by atoms with E-state index >= 15 is 0 Å². The second-order valence-electron chi connectivity index (χ2n) is 6.97. The van der Waals surface area contributed by atoms with Crippen LogP contribution < -0.4 is 5.32 Å². The molecule has 1 saturated heterocycles. The average molecular weight is 252 g/mol. The first-order valence-corrected chi connectivity index (χ1v) is 8.02. The zero-order valence-electron chi connectivity index (χ0n) is 12.8. The van der Waals surface area contributed by atoms with Crippen molar-refractivity contribution in [3.63, 3.8) is 0 Å². The van der Waals surface area contributed by atoms with Gasteiger partial charge in [0.15, 0.2) is 0 Å². The summed E-state index contributed by atoms with van der Waals surface area (Å²) in [7, 11) is 2.25. The van der Waals surface area contributed by atoms with Gasteiger partial charge in [-0.05, 0) is 64.1 Å². The molecule has 0 amide bonds. The molecule has 1 aliphatic carbocycles. The molecular weight excluding hydrogens is 220 g/mol. The number of piperidine rings is 1. The van der Waals surface area contributed by atoms with Crippen LogP contribution in [0.2, 0.25) is 0 Å². The van der Waals surface area contributed by atoms with Crippen LogP contribution in [0.15, 0.2) is 0 Å². The van der Waals surface area contributed by atoms with Crippen molar-refractivity contribution < 1.29 is 0 Å². The van der Waals surface area contributed by atoms with Crippen molar-refractivity contribution in [1.82, 2.24) is 10.2 Å². The van der Waals surface area contributed by atoms with Crippen molar-refractivity contribution in [2.24, 2.45) is 17.8 Å². The van der Waals surface area contributed by atoms with Gasteiger partial charge in [0.25, 0.3) is 0 Å². The highest BCUT2D eigenvalue weighted by atomic mass is 15.1. The van der Waals surface area contributed by atoms with E-state index in [1.807, 2.05) is 0 Å². The SMILES string of the molecule is CC1CCCC(NC(C)C2CCN(C)CC2)C1C. The Hall–Kier alpha value is -0.0800. The van der Waals surface area contributed by atoms with Crippen molar-refractivity contribution in [2.75, 3.05) is 20.1 Å². The maximum atomic E-state index is 3.97. The second kappa shape index (κ2) is 6.38. The molecule has 0 aromatic carbocycles. The van der Waals surface area contributed by atoms with E-state index in [4.69, 9.17) is 0 Å². The van der Waals surface area contributed by atoms with Crippen LogP contribution in [0.5, 0.6) is 0 Å². The summed E-state index contributed by atoms with van der Waals surface area (Å²) in [6.45, 7) is 9.87. The predicted octanol–water partition coefficient (Wildman–Crippen LogP) is 3.13. The lowest BCUT2D eigenvalue weighted by Crippen LogP contribution is -2.49. The minimum absolute atomic E-state index is 0.705.